The highest BCUT2D eigenvalue weighted by Gasteiger charge is 2.10. The van der Waals surface area contributed by atoms with E-state index in [2.05, 4.69) is 16.2 Å². The summed E-state index contributed by atoms with van der Waals surface area (Å²) in [5.41, 5.74) is 0.811. The summed E-state index contributed by atoms with van der Waals surface area (Å²) >= 11 is 3.47. The first-order valence-electron chi connectivity index (χ1n) is 6.27. The lowest BCUT2D eigenvalue weighted by Gasteiger charge is -2.06. The molecule has 0 atom stereocenters. The van der Waals surface area contributed by atoms with Crippen molar-refractivity contribution >= 4 is 33.1 Å². The molecule has 0 spiro atoms. The molecule has 1 N–H and O–H groups in total. The molecule has 0 amide bonds. The van der Waals surface area contributed by atoms with Crippen LogP contribution in [0.2, 0.25) is 0 Å². The van der Waals surface area contributed by atoms with Crippen molar-refractivity contribution in [3.05, 3.63) is 58.3 Å². The molecule has 1 heterocycles. The van der Waals surface area contributed by atoms with Crippen LogP contribution < -0.4 is 4.72 Å². The number of hydrogen-bond acceptors (Lipinski definition) is 4. The number of benzene rings is 1. The first kappa shape index (κ1) is 15.6. The number of nitrogens with one attached hydrogen (secondary N) is 1. The zero-order chi connectivity index (χ0) is 14.3. The Morgan fingerprint density at radius 2 is 1.90 bits per heavy atom. The largest absolute Gasteiger partial charge is 0.215 e. The molecule has 2 aromatic rings. The number of thiophene rings is 1. The van der Waals surface area contributed by atoms with Crippen molar-refractivity contribution in [2.45, 2.75) is 11.5 Å². The SMILES string of the molecule is O=S(=O)(Cc1ccccc1)NCCSCc1cccs1. The Labute approximate surface area is 128 Å². The van der Waals surface area contributed by atoms with Gasteiger partial charge in [-0.2, -0.15) is 11.8 Å². The van der Waals surface area contributed by atoms with E-state index in [1.54, 1.807) is 23.1 Å². The maximum atomic E-state index is 11.9. The van der Waals surface area contributed by atoms with Gasteiger partial charge in [0, 0.05) is 22.9 Å². The molecule has 6 heteroatoms. The zero-order valence-corrected chi connectivity index (χ0v) is 13.4. The van der Waals surface area contributed by atoms with Crippen LogP contribution in [-0.4, -0.2) is 20.7 Å². The minimum absolute atomic E-state index is 0.0451. The van der Waals surface area contributed by atoms with Crippen molar-refractivity contribution in [2.24, 2.45) is 0 Å². The second kappa shape index (κ2) is 7.83. The summed E-state index contributed by atoms with van der Waals surface area (Å²) in [6.07, 6.45) is 0. The fraction of sp³-hybridized carbons (Fsp3) is 0.286. The summed E-state index contributed by atoms with van der Waals surface area (Å²) in [7, 11) is -3.23. The molecule has 2 rings (SSSR count). The number of rotatable bonds is 8. The molecule has 108 valence electrons. The number of hydrogen-bond donors (Lipinski definition) is 1. The van der Waals surface area contributed by atoms with Crippen LogP contribution >= 0.6 is 23.1 Å². The molecular formula is C14H17NO2S3. The summed E-state index contributed by atoms with van der Waals surface area (Å²) in [5, 5.41) is 2.05. The highest BCUT2D eigenvalue weighted by molar-refractivity contribution is 7.98. The highest BCUT2D eigenvalue weighted by atomic mass is 32.2. The third kappa shape index (κ3) is 5.66. The lowest BCUT2D eigenvalue weighted by Crippen LogP contribution is -2.27. The summed E-state index contributed by atoms with van der Waals surface area (Å²) in [6.45, 7) is 0.477. The second-order valence-corrected chi connectivity index (χ2v) is 8.22. The minimum Gasteiger partial charge on any atom is -0.214 e. The van der Waals surface area contributed by atoms with E-state index in [1.165, 1.54) is 4.88 Å². The Kier molecular flexibility index (Phi) is 6.09. The average molecular weight is 327 g/mol. The van der Waals surface area contributed by atoms with Crippen LogP contribution in [0.5, 0.6) is 0 Å². The first-order chi connectivity index (χ1) is 9.66. The van der Waals surface area contributed by atoms with Crippen LogP contribution in [0.25, 0.3) is 0 Å². The molecule has 0 saturated heterocycles. The maximum Gasteiger partial charge on any atom is 0.215 e. The Morgan fingerprint density at radius 1 is 1.10 bits per heavy atom. The molecule has 0 radical (unpaired) electrons. The van der Waals surface area contributed by atoms with E-state index in [4.69, 9.17) is 0 Å². The molecule has 0 aliphatic carbocycles. The predicted octanol–water partition coefficient (Wildman–Crippen LogP) is 3.10. The average Bonchev–Trinajstić information content (AvgIpc) is 2.92. The minimum atomic E-state index is -3.23. The van der Waals surface area contributed by atoms with E-state index >= 15 is 0 Å². The van der Waals surface area contributed by atoms with Gasteiger partial charge in [-0.05, 0) is 17.0 Å². The van der Waals surface area contributed by atoms with E-state index in [0.717, 1.165) is 17.1 Å². The van der Waals surface area contributed by atoms with Crippen molar-refractivity contribution in [1.29, 1.82) is 0 Å². The molecule has 0 fully saturated rings. The predicted molar refractivity (Wildman–Crippen MR) is 87.5 cm³/mol. The molecule has 20 heavy (non-hydrogen) atoms. The van der Waals surface area contributed by atoms with E-state index in [-0.39, 0.29) is 5.75 Å². The van der Waals surface area contributed by atoms with E-state index in [1.807, 2.05) is 36.4 Å². The van der Waals surface area contributed by atoms with Crippen LogP contribution in [0.15, 0.2) is 47.8 Å². The Balaban J connectivity index is 1.67. The number of sulfonamides is 1. The molecule has 0 aliphatic heterocycles. The fourth-order valence-corrected chi connectivity index (χ4v) is 4.66. The van der Waals surface area contributed by atoms with Crippen LogP contribution in [0.1, 0.15) is 10.4 Å². The maximum absolute atomic E-state index is 11.9. The summed E-state index contributed by atoms with van der Waals surface area (Å²) in [6, 6.07) is 13.4. The van der Waals surface area contributed by atoms with Crippen molar-refractivity contribution in [1.82, 2.24) is 4.72 Å². The van der Waals surface area contributed by atoms with Crippen molar-refractivity contribution < 1.29 is 8.42 Å². The normalized spacial score (nSPS) is 11.6. The van der Waals surface area contributed by atoms with Crippen molar-refractivity contribution in [2.75, 3.05) is 12.3 Å². The zero-order valence-electron chi connectivity index (χ0n) is 11.0. The van der Waals surface area contributed by atoms with Gasteiger partial charge in [0.15, 0.2) is 0 Å². The second-order valence-electron chi connectivity index (χ2n) is 4.27. The standard InChI is InChI=1S/C14H17NO2S3/c16-20(17,12-13-5-2-1-3-6-13)15-8-10-18-11-14-7-4-9-19-14/h1-7,9,15H,8,10-12H2. The fourth-order valence-electron chi connectivity index (χ4n) is 1.68. The van der Waals surface area contributed by atoms with Gasteiger partial charge in [0.2, 0.25) is 10.0 Å². The van der Waals surface area contributed by atoms with Gasteiger partial charge in [0.1, 0.15) is 0 Å². The summed E-state index contributed by atoms with van der Waals surface area (Å²) < 4.78 is 26.4. The molecule has 0 saturated carbocycles. The van der Waals surface area contributed by atoms with E-state index in [9.17, 15) is 8.42 Å². The molecule has 0 bridgehead atoms. The lowest BCUT2D eigenvalue weighted by molar-refractivity contribution is 0.583. The van der Waals surface area contributed by atoms with Gasteiger partial charge in [-0.15, -0.1) is 11.3 Å². The van der Waals surface area contributed by atoms with Crippen LogP contribution in [0.3, 0.4) is 0 Å². The third-order valence-corrected chi connectivity index (χ3v) is 6.02. The molecule has 1 aromatic carbocycles. The molecule has 0 aliphatic rings. The molecule has 1 aromatic heterocycles. The monoisotopic (exact) mass is 327 g/mol. The molecule has 0 unspecified atom stereocenters. The quantitative estimate of drug-likeness (QED) is 0.758. The van der Waals surface area contributed by atoms with Gasteiger partial charge in [0.05, 0.1) is 5.75 Å². The summed E-state index contributed by atoms with van der Waals surface area (Å²) in [5.74, 6) is 1.77. The smallest absolute Gasteiger partial charge is 0.214 e. The van der Waals surface area contributed by atoms with Gasteiger partial charge in [-0.25, -0.2) is 13.1 Å². The topological polar surface area (TPSA) is 46.2 Å². The Hall–Kier alpha value is -0.820. The van der Waals surface area contributed by atoms with Crippen molar-refractivity contribution in [3.63, 3.8) is 0 Å². The summed E-state index contributed by atoms with van der Waals surface area (Å²) in [4.78, 5) is 1.32. The first-order valence-corrected chi connectivity index (χ1v) is 9.96. The Morgan fingerprint density at radius 3 is 2.60 bits per heavy atom. The Bertz CT molecular complexity index is 595. The highest BCUT2D eigenvalue weighted by Crippen LogP contribution is 2.16. The van der Waals surface area contributed by atoms with Gasteiger partial charge in [-0.1, -0.05) is 36.4 Å². The number of thioether (sulfide) groups is 1. The van der Waals surface area contributed by atoms with Gasteiger partial charge in [0.25, 0.3) is 0 Å². The molecule has 3 nitrogen and oxygen atoms in total. The lowest BCUT2D eigenvalue weighted by atomic mass is 10.2. The van der Waals surface area contributed by atoms with Gasteiger partial charge < -0.3 is 0 Å². The van der Waals surface area contributed by atoms with E-state index < -0.39 is 10.0 Å². The van der Waals surface area contributed by atoms with Gasteiger partial charge in [-0.3, -0.25) is 0 Å². The van der Waals surface area contributed by atoms with E-state index in [0.29, 0.717) is 6.54 Å². The van der Waals surface area contributed by atoms with Crippen LogP contribution in [0, 0.1) is 0 Å². The van der Waals surface area contributed by atoms with Crippen molar-refractivity contribution in [3.8, 4) is 0 Å². The van der Waals surface area contributed by atoms with Gasteiger partial charge >= 0.3 is 0 Å². The van der Waals surface area contributed by atoms with Crippen LogP contribution in [0.4, 0.5) is 0 Å². The van der Waals surface area contributed by atoms with Crippen LogP contribution in [-0.2, 0) is 21.5 Å². The molecular weight excluding hydrogens is 310 g/mol. The third-order valence-electron chi connectivity index (χ3n) is 2.59.